The Labute approximate surface area is 156 Å². The van der Waals surface area contributed by atoms with Gasteiger partial charge in [-0.05, 0) is 42.7 Å². The first kappa shape index (κ1) is 17.7. The summed E-state index contributed by atoms with van der Waals surface area (Å²) in [5, 5.41) is 5.07. The van der Waals surface area contributed by atoms with Crippen molar-refractivity contribution in [2.75, 3.05) is 7.11 Å². The standard InChI is InChI=1S/C18H18Cl3NO2/c1-23-17-8-11(9-22-12-5-6-12)7-16(21)18(17)24-10-13-14(19)3-2-4-15(13)20/h2-4,7-8,12,22H,5-6,9-10H2,1H3. The molecule has 0 spiro atoms. The predicted molar refractivity (Wildman–Crippen MR) is 98.7 cm³/mol. The van der Waals surface area contributed by atoms with Gasteiger partial charge in [-0.3, -0.25) is 0 Å². The highest BCUT2D eigenvalue weighted by molar-refractivity contribution is 6.36. The highest BCUT2D eigenvalue weighted by Crippen LogP contribution is 2.38. The van der Waals surface area contributed by atoms with Crippen LogP contribution in [0.1, 0.15) is 24.0 Å². The van der Waals surface area contributed by atoms with E-state index in [2.05, 4.69) is 5.32 Å². The third-order valence-electron chi connectivity index (χ3n) is 3.88. The molecule has 1 N–H and O–H groups in total. The fraction of sp³-hybridized carbons (Fsp3) is 0.333. The smallest absolute Gasteiger partial charge is 0.180 e. The number of nitrogens with one attached hydrogen (secondary N) is 1. The Hall–Kier alpha value is -1.13. The maximum atomic E-state index is 6.39. The second kappa shape index (κ2) is 7.83. The lowest BCUT2D eigenvalue weighted by Gasteiger charge is -2.15. The SMILES string of the molecule is COc1cc(CNC2CC2)cc(Cl)c1OCc1c(Cl)cccc1Cl. The van der Waals surface area contributed by atoms with E-state index in [1.165, 1.54) is 12.8 Å². The molecular weight excluding hydrogens is 369 g/mol. The average Bonchev–Trinajstić information content (AvgIpc) is 3.37. The number of halogens is 3. The van der Waals surface area contributed by atoms with Crippen LogP contribution >= 0.6 is 34.8 Å². The number of methoxy groups -OCH3 is 1. The van der Waals surface area contributed by atoms with E-state index >= 15 is 0 Å². The third-order valence-corrected chi connectivity index (χ3v) is 4.87. The van der Waals surface area contributed by atoms with Gasteiger partial charge in [-0.2, -0.15) is 0 Å². The van der Waals surface area contributed by atoms with Crippen LogP contribution in [0.3, 0.4) is 0 Å². The second-order valence-electron chi connectivity index (χ2n) is 5.75. The van der Waals surface area contributed by atoms with Gasteiger partial charge in [-0.25, -0.2) is 0 Å². The van der Waals surface area contributed by atoms with Gasteiger partial charge in [0.25, 0.3) is 0 Å². The molecule has 0 unspecified atom stereocenters. The average molecular weight is 387 g/mol. The Morgan fingerprint density at radius 3 is 2.42 bits per heavy atom. The van der Waals surface area contributed by atoms with Crippen LogP contribution in [0.4, 0.5) is 0 Å². The summed E-state index contributed by atoms with van der Waals surface area (Å²) < 4.78 is 11.3. The Kier molecular flexibility index (Phi) is 5.77. The van der Waals surface area contributed by atoms with Crippen molar-refractivity contribution in [2.45, 2.75) is 32.0 Å². The number of benzene rings is 2. The fourth-order valence-corrected chi connectivity index (χ4v) is 3.17. The van der Waals surface area contributed by atoms with Gasteiger partial charge in [0.1, 0.15) is 6.61 Å². The molecule has 0 radical (unpaired) electrons. The fourth-order valence-electron chi connectivity index (χ4n) is 2.38. The largest absolute Gasteiger partial charge is 0.493 e. The van der Waals surface area contributed by atoms with E-state index in [1.807, 2.05) is 12.1 Å². The van der Waals surface area contributed by atoms with E-state index in [1.54, 1.807) is 25.3 Å². The number of ether oxygens (including phenoxy) is 2. The van der Waals surface area contributed by atoms with E-state index in [4.69, 9.17) is 44.3 Å². The van der Waals surface area contributed by atoms with Gasteiger partial charge < -0.3 is 14.8 Å². The van der Waals surface area contributed by atoms with Crippen molar-refractivity contribution in [1.29, 1.82) is 0 Å². The van der Waals surface area contributed by atoms with Gasteiger partial charge in [0.2, 0.25) is 0 Å². The normalized spacial score (nSPS) is 13.8. The predicted octanol–water partition coefficient (Wildman–Crippen LogP) is 5.49. The van der Waals surface area contributed by atoms with Crippen molar-refractivity contribution in [3.05, 3.63) is 56.5 Å². The summed E-state index contributed by atoms with van der Waals surface area (Å²) >= 11 is 18.7. The molecule has 0 aromatic heterocycles. The first-order valence-electron chi connectivity index (χ1n) is 7.74. The van der Waals surface area contributed by atoms with Crippen LogP contribution in [-0.4, -0.2) is 13.2 Å². The highest BCUT2D eigenvalue weighted by Gasteiger charge is 2.21. The van der Waals surface area contributed by atoms with E-state index in [0.717, 1.165) is 17.7 Å². The van der Waals surface area contributed by atoms with Crippen LogP contribution in [0.5, 0.6) is 11.5 Å². The minimum Gasteiger partial charge on any atom is -0.493 e. The molecular formula is C18H18Cl3NO2. The van der Waals surface area contributed by atoms with Crippen LogP contribution in [0.2, 0.25) is 15.1 Å². The summed E-state index contributed by atoms with van der Waals surface area (Å²) in [4.78, 5) is 0. The summed E-state index contributed by atoms with van der Waals surface area (Å²) in [6.45, 7) is 0.978. The second-order valence-corrected chi connectivity index (χ2v) is 6.97. The third kappa shape index (κ3) is 4.28. The Bertz CT molecular complexity index is 712. The molecule has 0 saturated heterocycles. The zero-order valence-corrected chi connectivity index (χ0v) is 15.5. The molecule has 2 aromatic rings. The molecule has 1 saturated carbocycles. The monoisotopic (exact) mass is 385 g/mol. The summed E-state index contributed by atoms with van der Waals surface area (Å²) in [7, 11) is 1.60. The van der Waals surface area contributed by atoms with Gasteiger partial charge in [-0.1, -0.05) is 40.9 Å². The molecule has 0 amide bonds. The molecule has 0 heterocycles. The molecule has 1 fully saturated rings. The van der Waals surface area contributed by atoms with Crippen LogP contribution in [0, 0.1) is 0 Å². The van der Waals surface area contributed by atoms with Crippen molar-refractivity contribution in [2.24, 2.45) is 0 Å². The Morgan fingerprint density at radius 1 is 1.08 bits per heavy atom. The van der Waals surface area contributed by atoms with E-state index in [0.29, 0.717) is 32.6 Å². The van der Waals surface area contributed by atoms with Gasteiger partial charge >= 0.3 is 0 Å². The molecule has 6 heteroatoms. The Balaban J connectivity index is 1.76. The lowest BCUT2D eigenvalue weighted by Crippen LogP contribution is -2.15. The first-order valence-corrected chi connectivity index (χ1v) is 8.87. The van der Waals surface area contributed by atoms with E-state index < -0.39 is 0 Å². The lowest BCUT2D eigenvalue weighted by molar-refractivity contribution is 0.284. The van der Waals surface area contributed by atoms with E-state index in [-0.39, 0.29) is 6.61 Å². The summed E-state index contributed by atoms with van der Waals surface area (Å²) in [5.41, 5.74) is 1.78. The van der Waals surface area contributed by atoms with Crippen molar-refractivity contribution in [3.8, 4) is 11.5 Å². The maximum Gasteiger partial charge on any atom is 0.180 e. The van der Waals surface area contributed by atoms with Crippen LogP contribution in [-0.2, 0) is 13.2 Å². The zero-order valence-electron chi connectivity index (χ0n) is 13.2. The van der Waals surface area contributed by atoms with Crippen molar-refractivity contribution >= 4 is 34.8 Å². The topological polar surface area (TPSA) is 30.5 Å². The number of hydrogen-bond donors (Lipinski definition) is 1. The van der Waals surface area contributed by atoms with Gasteiger partial charge in [0, 0.05) is 28.2 Å². The van der Waals surface area contributed by atoms with Crippen LogP contribution in [0.25, 0.3) is 0 Å². The quantitative estimate of drug-likeness (QED) is 0.683. The van der Waals surface area contributed by atoms with E-state index in [9.17, 15) is 0 Å². The molecule has 128 valence electrons. The molecule has 1 aliphatic carbocycles. The number of hydrogen-bond acceptors (Lipinski definition) is 3. The molecule has 0 aliphatic heterocycles. The molecule has 3 rings (SSSR count). The number of rotatable bonds is 7. The van der Waals surface area contributed by atoms with Crippen LogP contribution in [0.15, 0.2) is 30.3 Å². The molecule has 2 aromatic carbocycles. The lowest BCUT2D eigenvalue weighted by atomic mass is 10.2. The highest BCUT2D eigenvalue weighted by atomic mass is 35.5. The molecule has 0 bridgehead atoms. The van der Waals surface area contributed by atoms with Crippen molar-refractivity contribution in [3.63, 3.8) is 0 Å². The van der Waals surface area contributed by atoms with Crippen molar-refractivity contribution in [1.82, 2.24) is 5.32 Å². The molecule has 0 atom stereocenters. The maximum absolute atomic E-state index is 6.39. The minimum atomic E-state index is 0.217. The molecule has 3 nitrogen and oxygen atoms in total. The summed E-state index contributed by atoms with van der Waals surface area (Å²) in [6, 6.07) is 9.81. The van der Waals surface area contributed by atoms with Crippen molar-refractivity contribution < 1.29 is 9.47 Å². The minimum absolute atomic E-state index is 0.217. The zero-order chi connectivity index (χ0) is 17.1. The summed E-state index contributed by atoms with van der Waals surface area (Å²) in [6.07, 6.45) is 2.48. The first-order chi connectivity index (χ1) is 11.6. The molecule has 1 aliphatic rings. The van der Waals surface area contributed by atoms with Gasteiger partial charge in [-0.15, -0.1) is 0 Å². The summed E-state index contributed by atoms with van der Waals surface area (Å²) in [5.74, 6) is 1.09. The van der Waals surface area contributed by atoms with Crippen LogP contribution < -0.4 is 14.8 Å². The molecule has 24 heavy (non-hydrogen) atoms. The van der Waals surface area contributed by atoms with Gasteiger partial charge in [0.05, 0.1) is 12.1 Å². The Morgan fingerprint density at radius 2 is 1.79 bits per heavy atom. The van der Waals surface area contributed by atoms with Gasteiger partial charge in [0.15, 0.2) is 11.5 Å².